The third-order valence-corrected chi connectivity index (χ3v) is 4.81. The van der Waals surface area contributed by atoms with Crippen LogP contribution in [0.2, 0.25) is 0 Å². The minimum absolute atomic E-state index is 0.863. The number of thioether (sulfide) groups is 1. The van der Waals surface area contributed by atoms with E-state index in [9.17, 15) is 0 Å². The van der Waals surface area contributed by atoms with Gasteiger partial charge in [0.15, 0.2) is 11.0 Å². The van der Waals surface area contributed by atoms with Gasteiger partial charge in [-0.2, -0.15) is 0 Å². The highest BCUT2D eigenvalue weighted by Crippen LogP contribution is 2.24. The van der Waals surface area contributed by atoms with Crippen LogP contribution in [-0.4, -0.2) is 27.6 Å². The first-order valence-electron chi connectivity index (χ1n) is 8.06. The van der Waals surface area contributed by atoms with Gasteiger partial charge in [-0.05, 0) is 31.0 Å². The van der Waals surface area contributed by atoms with Crippen LogP contribution in [0.4, 0.5) is 0 Å². The van der Waals surface area contributed by atoms with Crippen molar-refractivity contribution in [1.82, 2.24) is 14.8 Å². The van der Waals surface area contributed by atoms with Gasteiger partial charge in [0.05, 0.1) is 7.11 Å². The van der Waals surface area contributed by atoms with Gasteiger partial charge in [-0.25, -0.2) is 0 Å². The van der Waals surface area contributed by atoms with Gasteiger partial charge in [-0.1, -0.05) is 54.2 Å². The second-order valence-corrected chi connectivity index (χ2v) is 6.43. The fourth-order valence-electron chi connectivity index (χ4n) is 2.53. The highest BCUT2D eigenvalue weighted by atomic mass is 32.2. The van der Waals surface area contributed by atoms with Gasteiger partial charge in [0, 0.05) is 17.9 Å². The predicted molar refractivity (Wildman–Crippen MR) is 98.6 cm³/mol. The third kappa shape index (κ3) is 3.79. The van der Waals surface area contributed by atoms with Crippen molar-refractivity contribution in [2.75, 3.05) is 12.9 Å². The molecule has 0 bridgehead atoms. The molecule has 3 rings (SSSR count). The molecule has 2 aromatic carbocycles. The van der Waals surface area contributed by atoms with Crippen LogP contribution in [0.15, 0.2) is 59.8 Å². The second-order valence-electron chi connectivity index (χ2n) is 5.36. The van der Waals surface area contributed by atoms with Gasteiger partial charge in [0.2, 0.25) is 0 Å². The van der Waals surface area contributed by atoms with E-state index in [0.29, 0.717) is 0 Å². The number of benzene rings is 2. The zero-order chi connectivity index (χ0) is 16.8. The van der Waals surface area contributed by atoms with Gasteiger partial charge in [0.1, 0.15) is 5.75 Å². The summed E-state index contributed by atoms with van der Waals surface area (Å²) >= 11 is 1.75. The normalized spacial score (nSPS) is 10.8. The Morgan fingerprint density at radius 1 is 1.00 bits per heavy atom. The lowest BCUT2D eigenvalue weighted by atomic mass is 10.2. The molecule has 0 aliphatic rings. The summed E-state index contributed by atoms with van der Waals surface area (Å²) in [6, 6.07) is 18.4. The van der Waals surface area contributed by atoms with Crippen LogP contribution in [0.25, 0.3) is 11.4 Å². The highest BCUT2D eigenvalue weighted by Gasteiger charge is 2.12. The summed E-state index contributed by atoms with van der Waals surface area (Å²) in [7, 11) is 1.69. The van der Waals surface area contributed by atoms with Crippen molar-refractivity contribution in [3.63, 3.8) is 0 Å². The Hall–Kier alpha value is -2.27. The Bertz CT molecular complexity index is 769. The summed E-state index contributed by atoms with van der Waals surface area (Å²) in [5.41, 5.74) is 2.41. The fourth-order valence-corrected chi connectivity index (χ4v) is 3.52. The molecule has 0 radical (unpaired) electrons. The number of aryl methyl sites for hydroxylation is 1. The van der Waals surface area contributed by atoms with Crippen molar-refractivity contribution in [1.29, 1.82) is 0 Å². The lowest BCUT2D eigenvalue weighted by molar-refractivity contribution is 0.414. The molecule has 0 amide bonds. The molecule has 4 nitrogen and oxygen atoms in total. The van der Waals surface area contributed by atoms with E-state index >= 15 is 0 Å². The topological polar surface area (TPSA) is 39.9 Å². The Labute approximate surface area is 146 Å². The van der Waals surface area contributed by atoms with Crippen LogP contribution in [0, 0.1) is 0 Å². The number of ether oxygens (including phenoxy) is 1. The summed E-state index contributed by atoms with van der Waals surface area (Å²) in [5, 5.41) is 9.74. The number of hydrogen-bond acceptors (Lipinski definition) is 4. The van der Waals surface area contributed by atoms with Crippen LogP contribution in [0.3, 0.4) is 0 Å². The first kappa shape index (κ1) is 16.6. The first-order valence-corrected chi connectivity index (χ1v) is 9.04. The number of rotatable bonds is 7. The van der Waals surface area contributed by atoms with Crippen LogP contribution in [0.1, 0.15) is 12.5 Å². The van der Waals surface area contributed by atoms with E-state index in [1.165, 1.54) is 5.56 Å². The molecule has 124 valence electrons. The molecule has 24 heavy (non-hydrogen) atoms. The van der Waals surface area contributed by atoms with Gasteiger partial charge < -0.3 is 9.30 Å². The molecular formula is C19H21N3OS. The van der Waals surface area contributed by atoms with Crippen molar-refractivity contribution >= 4 is 11.8 Å². The summed E-state index contributed by atoms with van der Waals surface area (Å²) in [5.74, 6) is 2.80. The second kappa shape index (κ2) is 8.02. The van der Waals surface area contributed by atoms with Gasteiger partial charge in [-0.3, -0.25) is 0 Å². The van der Waals surface area contributed by atoms with Gasteiger partial charge in [-0.15, -0.1) is 10.2 Å². The molecule has 1 aromatic heterocycles. The molecule has 0 saturated heterocycles. The van der Waals surface area contributed by atoms with Crippen molar-refractivity contribution in [3.05, 3.63) is 60.2 Å². The van der Waals surface area contributed by atoms with Crippen molar-refractivity contribution in [3.8, 4) is 17.1 Å². The van der Waals surface area contributed by atoms with Crippen molar-refractivity contribution < 1.29 is 4.74 Å². The Balaban J connectivity index is 1.66. The number of methoxy groups -OCH3 is 1. The Kier molecular flexibility index (Phi) is 5.54. The van der Waals surface area contributed by atoms with E-state index in [-0.39, 0.29) is 0 Å². The Morgan fingerprint density at radius 3 is 2.42 bits per heavy atom. The van der Waals surface area contributed by atoms with E-state index in [4.69, 9.17) is 4.74 Å². The predicted octanol–water partition coefficient (Wildman–Crippen LogP) is 4.31. The largest absolute Gasteiger partial charge is 0.497 e. The molecule has 0 N–H and O–H groups in total. The summed E-state index contributed by atoms with van der Waals surface area (Å²) in [6.45, 7) is 2.99. The van der Waals surface area contributed by atoms with Crippen molar-refractivity contribution in [2.24, 2.45) is 0 Å². The van der Waals surface area contributed by atoms with E-state index in [0.717, 1.165) is 41.0 Å². The first-order chi connectivity index (χ1) is 11.8. The lowest BCUT2D eigenvalue weighted by Crippen LogP contribution is -2.00. The molecule has 1 heterocycles. The maximum Gasteiger partial charge on any atom is 0.191 e. The van der Waals surface area contributed by atoms with Crippen LogP contribution in [0.5, 0.6) is 5.75 Å². The quantitative estimate of drug-likeness (QED) is 0.602. The average molecular weight is 339 g/mol. The molecular weight excluding hydrogens is 318 g/mol. The van der Waals surface area contributed by atoms with E-state index < -0.39 is 0 Å². The van der Waals surface area contributed by atoms with Crippen molar-refractivity contribution in [2.45, 2.75) is 25.0 Å². The maximum atomic E-state index is 5.19. The standard InChI is InChI=1S/C19H21N3OS/c1-3-22-18(16-7-5-4-6-8-16)20-21-19(22)24-14-13-15-9-11-17(23-2)12-10-15/h4-12H,3,13-14H2,1-2H3. The minimum atomic E-state index is 0.863. The lowest BCUT2D eigenvalue weighted by Gasteiger charge is -2.07. The van der Waals surface area contributed by atoms with Crippen LogP contribution in [-0.2, 0) is 13.0 Å². The smallest absolute Gasteiger partial charge is 0.191 e. The zero-order valence-electron chi connectivity index (χ0n) is 14.0. The van der Waals surface area contributed by atoms with E-state index in [2.05, 4.69) is 46.0 Å². The zero-order valence-corrected chi connectivity index (χ0v) is 14.8. The summed E-state index contributed by atoms with van der Waals surface area (Å²) < 4.78 is 7.37. The molecule has 3 aromatic rings. The average Bonchev–Trinajstić information content (AvgIpc) is 3.06. The van der Waals surface area contributed by atoms with E-state index in [1.54, 1.807) is 18.9 Å². The number of aromatic nitrogens is 3. The fraction of sp³-hybridized carbons (Fsp3) is 0.263. The van der Waals surface area contributed by atoms with E-state index in [1.807, 2.05) is 30.3 Å². The highest BCUT2D eigenvalue weighted by molar-refractivity contribution is 7.99. The molecule has 0 atom stereocenters. The molecule has 0 unspecified atom stereocenters. The third-order valence-electron chi connectivity index (χ3n) is 3.85. The van der Waals surface area contributed by atoms with Gasteiger partial charge in [0.25, 0.3) is 0 Å². The molecule has 0 fully saturated rings. The minimum Gasteiger partial charge on any atom is -0.497 e. The number of hydrogen-bond donors (Lipinski definition) is 0. The molecule has 0 aliphatic heterocycles. The molecule has 0 saturated carbocycles. The van der Waals surface area contributed by atoms with Gasteiger partial charge >= 0.3 is 0 Å². The number of nitrogens with zero attached hydrogens (tertiary/aromatic N) is 3. The Morgan fingerprint density at radius 2 is 1.75 bits per heavy atom. The summed E-state index contributed by atoms with van der Waals surface area (Å²) in [6.07, 6.45) is 0.992. The maximum absolute atomic E-state index is 5.19. The molecule has 0 spiro atoms. The van der Waals surface area contributed by atoms with Crippen LogP contribution >= 0.6 is 11.8 Å². The summed E-state index contributed by atoms with van der Waals surface area (Å²) in [4.78, 5) is 0. The molecule has 5 heteroatoms. The SMILES string of the molecule is CCn1c(SCCc2ccc(OC)cc2)nnc1-c1ccccc1. The molecule has 0 aliphatic carbocycles. The van der Waals surface area contributed by atoms with Crippen LogP contribution < -0.4 is 4.74 Å². The monoisotopic (exact) mass is 339 g/mol.